The molecule has 0 aromatic heterocycles. The van der Waals surface area contributed by atoms with Gasteiger partial charge in [-0.2, -0.15) is 0 Å². The van der Waals surface area contributed by atoms with Gasteiger partial charge < -0.3 is 15.2 Å². The predicted molar refractivity (Wildman–Crippen MR) is 69.0 cm³/mol. The Morgan fingerprint density at radius 2 is 2.28 bits per heavy atom. The van der Waals surface area contributed by atoms with Gasteiger partial charge in [0.25, 0.3) is 5.91 Å². The first kappa shape index (κ1) is 12.7. The number of hydrogen-bond acceptors (Lipinski definition) is 3. The highest BCUT2D eigenvalue weighted by molar-refractivity contribution is 5.97. The number of benzene rings is 1. The second kappa shape index (κ2) is 5.76. The van der Waals surface area contributed by atoms with Crippen LogP contribution in [0.4, 0.5) is 0 Å². The average Bonchev–Trinajstić information content (AvgIpc) is 3.18. The summed E-state index contributed by atoms with van der Waals surface area (Å²) >= 11 is 0. The van der Waals surface area contributed by atoms with E-state index >= 15 is 0 Å². The summed E-state index contributed by atoms with van der Waals surface area (Å²) in [6.07, 6.45) is 4.86. The first-order valence-electron chi connectivity index (χ1n) is 6.36. The van der Waals surface area contributed by atoms with Gasteiger partial charge in [-0.1, -0.05) is 18.9 Å². The summed E-state index contributed by atoms with van der Waals surface area (Å²) in [6.45, 7) is 0.659. The fraction of sp³-hybridized carbons (Fsp3) is 0.500. The molecule has 1 fully saturated rings. The first-order chi connectivity index (χ1) is 8.72. The Bertz CT molecular complexity index is 427. The maximum Gasteiger partial charge on any atom is 0.255 e. The van der Waals surface area contributed by atoms with Crippen LogP contribution >= 0.6 is 0 Å². The van der Waals surface area contributed by atoms with E-state index in [1.54, 1.807) is 18.2 Å². The molecule has 0 radical (unpaired) electrons. The summed E-state index contributed by atoms with van der Waals surface area (Å²) in [5.41, 5.74) is 0.265. The molecule has 1 aliphatic rings. The number of methoxy groups -OCH3 is 1. The van der Waals surface area contributed by atoms with Crippen LogP contribution in [0.2, 0.25) is 0 Å². The molecule has 4 nitrogen and oxygen atoms in total. The molecule has 1 amide bonds. The Hall–Kier alpha value is -1.71. The molecule has 0 saturated heterocycles. The van der Waals surface area contributed by atoms with Gasteiger partial charge in [0.05, 0.1) is 12.7 Å². The van der Waals surface area contributed by atoms with Crippen LogP contribution in [0.1, 0.15) is 36.0 Å². The summed E-state index contributed by atoms with van der Waals surface area (Å²) in [7, 11) is 1.46. The quantitative estimate of drug-likeness (QED) is 0.761. The van der Waals surface area contributed by atoms with Crippen LogP contribution in [-0.2, 0) is 0 Å². The van der Waals surface area contributed by atoms with Crippen molar-refractivity contribution in [1.29, 1.82) is 0 Å². The number of phenols is 1. The van der Waals surface area contributed by atoms with Gasteiger partial charge in [-0.3, -0.25) is 4.79 Å². The molecular formula is C14H19NO3. The molecule has 1 saturated carbocycles. The van der Waals surface area contributed by atoms with Crippen molar-refractivity contribution in [3.05, 3.63) is 23.8 Å². The molecule has 0 spiro atoms. The zero-order valence-electron chi connectivity index (χ0n) is 10.6. The minimum absolute atomic E-state index is 0.0975. The van der Waals surface area contributed by atoms with Gasteiger partial charge in [0.2, 0.25) is 0 Å². The molecule has 98 valence electrons. The Morgan fingerprint density at radius 1 is 1.50 bits per heavy atom. The lowest BCUT2D eigenvalue weighted by Crippen LogP contribution is -2.24. The average molecular weight is 249 g/mol. The van der Waals surface area contributed by atoms with E-state index in [1.165, 1.54) is 26.4 Å². The Morgan fingerprint density at radius 3 is 2.94 bits per heavy atom. The van der Waals surface area contributed by atoms with Gasteiger partial charge in [-0.05, 0) is 30.9 Å². The van der Waals surface area contributed by atoms with Crippen molar-refractivity contribution in [2.24, 2.45) is 5.92 Å². The summed E-state index contributed by atoms with van der Waals surface area (Å²) in [6, 6.07) is 4.91. The van der Waals surface area contributed by atoms with Gasteiger partial charge in [0.1, 0.15) is 0 Å². The highest BCUT2D eigenvalue weighted by Gasteiger charge is 2.20. The lowest BCUT2D eigenvalue weighted by atomic mass is 10.1. The normalized spacial score (nSPS) is 14.3. The number of nitrogens with one attached hydrogen (secondary N) is 1. The van der Waals surface area contributed by atoms with Crippen LogP contribution in [0.3, 0.4) is 0 Å². The van der Waals surface area contributed by atoms with Crippen molar-refractivity contribution < 1.29 is 14.6 Å². The summed E-state index contributed by atoms with van der Waals surface area (Å²) < 4.78 is 4.97. The van der Waals surface area contributed by atoms with Crippen molar-refractivity contribution in [2.45, 2.75) is 25.7 Å². The van der Waals surface area contributed by atoms with Crippen LogP contribution in [0.25, 0.3) is 0 Å². The minimum atomic E-state index is -0.248. The first-order valence-corrected chi connectivity index (χ1v) is 6.36. The van der Waals surface area contributed by atoms with E-state index < -0.39 is 0 Å². The number of carbonyl (C=O) groups excluding carboxylic acids is 1. The summed E-state index contributed by atoms with van der Waals surface area (Å²) in [4.78, 5) is 11.9. The topological polar surface area (TPSA) is 58.6 Å². The number of hydrogen-bond donors (Lipinski definition) is 2. The minimum Gasteiger partial charge on any atom is -0.504 e. The lowest BCUT2D eigenvalue weighted by molar-refractivity contribution is 0.0949. The van der Waals surface area contributed by atoms with Gasteiger partial charge >= 0.3 is 0 Å². The zero-order chi connectivity index (χ0) is 13.0. The van der Waals surface area contributed by atoms with E-state index in [9.17, 15) is 9.90 Å². The van der Waals surface area contributed by atoms with Crippen LogP contribution < -0.4 is 10.1 Å². The molecule has 1 aromatic rings. The number of ether oxygens (including phenoxy) is 1. The molecule has 2 rings (SSSR count). The van der Waals surface area contributed by atoms with Crippen molar-refractivity contribution in [1.82, 2.24) is 5.32 Å². The van der Waals surface area contributed by atoms with E-state index in [0.717, 1.165) is 12.3 Å². The van der Waals surface area contributed by atoms with Crippen molar-refractivity contribution in [2.75, 3.05) is 13.7 Å². The van der Waals surface area contributed by atoms with Crippen molar-refractivity contribution in [3.8, 4) is 11.5 Å². The number of amides is 1. The fourth-order valence-electron chi connectivity index (χ4n) is 1.96. The predicted octanol–water partition coefficient (Wildman–Crippen LogP) is 2.32. The molecule has 1 aromatic carbocycles. The maximum absolute atomic E-state index is 11.9. The molecule has 4 heteroatoms. The maximum atomic E-state index is 11.9. The number of aromatic hydroxyl groups is 1. The lowest BCUT2D eigenvalue weighted by Gasteiger charge is -2.09. The monoisotopic (exact) mass is 249 g/mol. The van der Waals surface area contributed by atoms with Gasteiger partial charge in [0, 0.05) is 6.54 Å². The van der Waals surface area contributed by atoms with Crippen LogP contribution in [-0.4, -0.2) is 24.7 Å². The van der Waals surface area contributed by atoms with Gasteiger partial charge in [0.15, 0.2) is 11.5 Å². The number of phenolic OH excluding ortho intramolecular Hbond substituents is 1. The Labute approximate surface area is 107 Å². The molecule has 2 N–H and O–H groups in total. The third-order valence-corrected chi connectivity index (χ3v) is 3.24. The second-order valence-electron chi connectivity index (χ2n) is 4.70. The molecule has 0 unspecified atom stereocenters. The standard InChI is InChI=1S/C14H19NO3/c1-18-12-6-2-5-11(13(12)16)14(17)15-9-3-4-10-7-8-10/h2,5-6,10,16H,3-4,7-9H2,1H3,(H,15,17). The molecule has 0 bridgehead atoms. The number of rotatable bonds is 6. The van der Waals surface area contributed by atoms with E-state index in [0.29, 0.717) is 12.3 Å². The molecule has 18 heavy (non-hydrogen) atoms. The van der Waals surface area contributed by atoms with E-state index in [4.69, 9.17) is 4.74 Å². The number of carbonyl (C=O) groups is 1. The highest BCUT2D eigenvalue weighted by atomic mass is 16.5. The SMILES string of the molecule is COc1cccc(C(=O)NCCCC2CC2)c1O. The Kier molecular flexibility index (Phi) is 4.07. The van der Waals surface area contributed by atoms with Crippen LogP contribution in [0.5, 0.6) is 11.5 Å². The summed E-state index contributed by atoms with van der Waals surface area (Å²) in [5, 5.41) is 12.6. The Balaban J connectivity index is 1.87. The van der Waals surface area contributed by atoms with Crippen LogP contribution in [0.15, 0.2) is 18.2 Å². The second-order valence-corrected chi connectivity index (χ2v) is 4.70. The third-order valence-electron chi connectivity index (χ3n) is 3.24. The fourth-order valence-corrected chi connectivity index (χ4v) is 1.96. The number of para-hydroxylation sites is 1. The van der Waals surface area contributed by atoms with E-state index in [-0.39, 0.29) is 17.2 Å². The van der Waals surface area contributed by atoms with E-state index in [1.807, 2.05) is 0 Å². The molecule has 0 atom stereocenters. The third kappa shape index (κ3) is 3.15. The zero-order valence-corrected chi connectivity index (χ0v) is 10.6. The molecule has 1 aliphatic carbocycles. The van der Waals surface area contributed by atoms with Crippen LogP contribution in [0, 0.1) is 5.92 Å². The molecular weight excluding hydrogens is 230 g/mol. The van der Waals surface area contributed by atoms with Crippen molar-refractivity contribution in [3.63, 3.8) is 0 Å². The molecule has 0 heterocycles. The van der Waals surface area contributed by atoms with Gasteiger partial charge in [-0.25, -0.2) is 0 Å². The molecule has 0 aliphatic heterocycles. The van der Waals surface area contributed by atoms with Gasteiger partial charge in [-0.15, -0.1) is 0 Å². The highest BCUT2D eigenvalue weighted by Crippen LogP contribution is 2.33. The smallest absolute Gasteiger partial charge is 0.255 e. The summed E-state index contributed by atoms with van der Waals surface area (Å²) in [5.74, 6) is 0.856. The van der Waals surface area contributed by atoms with E-state index in [2.05, 4.69) is 5.32 Å². The largest absolute Gasteiger partial charge is 0.504 e. The van der Waals surface area contributed by atoms with Crippen molar-refractivity contribution >= 4 is 5.91 Å².